The van der Waals surface area contributed by atoms with Crippen LogP contribution in [0.25, 0.3) is 11.2 Å². The molecule has 23 heavy (non-hydrogen) atoms. The maximum absolute atomic E-state index is 5.70. The van der Waals surface area contributed by atoms with Gasteiger partial charge in [-0.15, -0.1) is 0 Å². The van der Waals surface area contributed by atoms with Crippen LogP contribution in [0.4, 0.5) is 0 Å². The van der Waals surface area contributed by atoms with Crippen LogP contribution in [0, 0.1) is 0 Å². The van der Waals surface area contributed by atoms with Gasteiger partial charge in [0.2, 0.25) is 0 Å². The number of aromatic amines is 1. The van der Waals surface area contributed by atoms with Crippen LogP contribution in [0.3, 0.4) is 0 Å². The SMILES string of the molecule is CC1COB(c2ccc(CSc3ncnc4nc[nH]c34)cc2)O1. The molecule has 0 saturated carbocycles. The molecule has 1 aliphatic rings. The highest BCUT2D eigenvalue weighted by atomic mass is 32.2. The fourth-order valence-corrected chi connectivity index (χ4v) is 3.37. The Balaban J connectivity index is 1.44. The lowest BCUT2D eigenvalue weighted by Gasteiger charge is -2.07. The van der Waals surface area contributed by atoms with Crippen molar-refractivity contribution in [2.24, 2.45) is 0 Å². The Morgan fingerprint density at radius 1 is 1.26 bits per heavy atom. The van der Waals surface area contributed by atoms with Crippen molar-refractivity contribution in [3.05, 3.63) is 42.5 Å². The number of benzene rings is 1. The van der Waals surface area contributed by atoms with Gasteiger partial charge in [-0.2, -0.15) is 0 Å². The van der Waals surface area contributed by atoms with Gasteiger partial charge < -0.3 is 14.3 Å². The Morgan fingerprint density at radius 3 is 2.91 bits per heavy atom. The van der Waals surface area contributed by atoms with Gasteiger partial charge in [0, 0.05) is 5.75 Å². The molecular formula is C15H15BN4O2S. The average molecular weight is 326 g/mol. The molecule has 6 nitrogen and oxygen atoms in total. The van der Waals surface area contributed by atoms with Crippen LogP contribution in [0.5, 0.6) is 0 Å². The van der Waals surface area contributed by atoms with Crippen molar-refractivity contribution in [1.29, 1.82) is 0 Å². The van der Waals surface area contributed by atoms with Crippen LogP contribution in [0.2, 0.25) is 0 Å². The Morgan fingerprint density at radius 2 is 2.13 bits per heavy atom. The van der Waals surface area contributed by atoms with Crippen LogP contribution < -0.4 is 5.46 Å². The number of hydrogen-bond acceptors (Lipinski definition) is 6. The minimum atomic E-state index is -0.238. The first-order chi connectivity index (χ1) is 11.3. The summed E-state index contributed by atoms with van der Waals surface area (Å²) in [7, 11) is -0.238. The van der Waals surface area contributed by atoms with E-state index in [-0.39, 0.29) is 13.2 Å². The zero-order valence-corrected chi connectivity index (χ0v) is 13.4. The third-order valence-electron chi connectivity index (χ3n) is 3.65. The molecule has 1 unspecified atom stereocenters. The van der Waals surface area contributed by atoms with Crippen LogP contribution >= 0.6 is 11.8 Å². The molecule has 1 fully saturated rings. The van der Waals surface area contributed by atoms with Crippen molar-refractivity contribution in [2.45, 2.75) is 23.8 Å². The molecule has 3 heterocycles. The summed E-state index contributed by atoms with van der Waals surface area (Å²) in [6.07, 6.45) is 3.34. The van der Waals surface area contributed by atoms with Gasteiger partial charge >= 0.3 is 7.12 Å². The molecule has 8 heteroatoms. The lowest BCUT2D eigenvalue weighted by molar-refractivity contribution is 0.258. The van der Waals surface area contributed by atoms with Crippen LogP contribution in [0.15, 0.2) is 41.9 Å². The van der Waals surface area contributed by atoms with Gasteiger partial charge in [-0.05, 0) is 17.9 Å². The van der Waals surface area contributed by atoms with Gasteiger partial charge in [0.1, 0.15) is 16.9 Å². The van der Waals surface area contributed by atoms with E-state index in [2.05, 4.69) is 44.2 Å². The van der Waals surface area contributed by atoms with Crippen LogP contribution in [-0.2, 0) is 15.1 Å². The first-order valence-electron chi connectivity index (χ1n) is 7.42. The van der Waals surface area contributed by atoms with Crippen LogP contribution in [-0.4, -0.2) is 39.8 Å². The number of rotatable bonds is 4. The number of nitrogens with zero attached hydrogens (tertiary/aromatic N) is 3. The molecule has 1 atom stereocenters. The third kappa shape index (κ3) is 3.10. The molecule has 0 spiro atoms. The predicted octanol–water partition coefficient (Wildman–Crippen LogP) is 1.78. The number of thioether (sulfide) groups is 1. The molecule has 1 saturated heterocycles. The second kappa shape index (κ2) is 6.31. The summed E-state index contributed by atoms with van der Waals surface area (Å²) < 4.78 is 11.3. The molecule has 0 radical (unpaired) electrons. The maximum atomic E-state index is 5.70. The summed E-state index contributed by atoms with van der Waals surface area (Å²) in [4.78, 5) is 15.7. The summed E-state index contributed by atoms with van der Waals surface area (Å²) in [6, 6.07) is 8.32. The molecule has 0 bridgehead atoms. The van der Waals surface area contributed by atoms with E-state index < -0.39 is 0 Å². The Bertz CT molecular complexity index is 811. The predicted molar refractivity (Wildman–Crippen MR) is 89.6 cm³/mol. The molecular weight excluding hydrogens is 311 g/mol. The van der Waals surface area contributed by atoms with Crippen molar-refractivity contribution < 1.29 is 9.31 Å². The van der Waals surface area contributed by atoms with E-state index in [0.717, 1.165) is 21.8 Å². The highest BCUT2D eigenvalue weighted by Crippen LogP contribution is 2.25. The van der Waals surface area contributed by atoms with Gasteiger partial charge in [0.25, 0.3) is 0 Å². The zero-order valence-electron chi connectivity index (χ0n) is 12.6. The summed E-state index contributed by atoms with van der Waals surface area (Å²) in [6.45, 7) is 2.67. The first-order valence-corrected chi connectivity index (χ1v) is 8.41. The number of nitrogens with one attached hydrogen (secondary N) is 1. The summed E-state index contributed by atoms with van der Waals surface area (Å²) in [5.74, 6) is 0.828. The number of hydrogen-bond donors (Lipinski definition) is 1. The Labute approximate surface area is 138 Å². The zero-order chi connectivity index (χ0) is 15.6. The largest absolute Gasteiger partial charge is 0.494 e. The maximum Gasteiger partial charge on any atom is 0.494 e. The number of aromatic nitrogens is 4. The van der Waals surface area contributed by atoms with Crippen molar-refractivity contribution in [1.82, 2.24) is 19.9 Å². The molecule has 116 valence electrons. The fraction of sp³-hybridized carbons (Fsp3) is 0.267. The van der Waals surface area contributed by atoms with Gasteiger partial charge in [0.15, 0.2) is 5.65 Å². The quantitative estimate of drug-likeness (QED) is 0.448. The summed E-state index contributed by atoms with van der Waals surface area (Å²) in [5.41, 5.74) is 3.86. The molecule has 1 aliphatic heterocycles. The van der Waals surface area contributed by atoms with E-state index in [1.807, 2.05) is 6.92 Å². The smallest absolute Gasteiger partial charge is 0.405 e. The average Bonchev–Trinajstić information content (AvgIpc) is 3.22. The number of H-pyrrole nitrogens is 1. The third-order valence-corrected chi connectivity index (χ3v) is 4.71. The van der Waals surface area contributed by atoms with Crippen molar-refractivity contribution in [3.8, 4) is 0 Å². The Kier molecular flexibility index (Phi) is 4.03. The fourth-order valence-electron chi connectivity index (χ4n) is 2.46. The summed E-state index contributed by atoms with van der Waals surface area (Å²) in [5, 5.41) is 0.910. The molecule has 3 aromatic rings. The summed E-state index contributed by atoms with van der Waals surface area (Å²) >= 11 is 1.66. The standard InChI is InChI=1S/C15H15BN4O2S/c1-10-6-21-16(22-10)12-4-2-11(3-5-12)7-23-15-13-14(18-8-17-13)19-9-20-15/h2-5,8-10H,6-7H2,1H3,(H,17,18,19,20). The number of fused-ring (bicyclic) bond motifs is 1. The van der Waals surface area contributed by atoms with E-state index in [9.17, 15) is 0 Å². The first kappa shape index (κ1) is 14.7. The minimum absolute atomic E-state index is 0.157. The second-order valence-electron chi connectivity index (χ2n) is 5.42. The van der Waals surface area contributed by atoms with E-state index in [4.69, 9.17) is 9.31 Å². The molecule has 0 amide bonds. The van der Waals surface area contributed by atoms with Gasteiger partial charge in [0.05, 0.1) is 19.0 Å². The lowest BCUT2D eigenvalue weighted by Crippen LogP contribution is -2.32. The van der Waals surface area contributed by atoms with Crippen molar-refractivity contribution >= 4 is 35.5 Å². The minimum Gasteiger partial charge on any atom is -0.405 e. The van der Waals surface area contributed by atoms with Crippen LogP contribution in [0.1, 0.15) is 12.5 Å². The van der Waals surface area contributed by atoms with E-state index in [1.54, 1.807) is 24.4 Å². The Hall–Kier alpha value is -1.90. The highest BCUT2D eigenvalue weighted by Gasteiger charge is 2.30. The van der Waals surface area contributed by atoms with Gasteiger partial charge in [-0.3, -0.25) is 0 Å². The van der Waals surface area contributed by atoms with Gasteiger partial charge in [-0.25, -0.2) is 15.0 Å². The van der Waals surface area contributed by atoms with E-state index in [1.165, 1.54) is 5.56 Å². The van der Waals surface area contributed by atoms with Crippen molar-refractivity contribution in [2.75, 3.05) is 6.61 Å². The second-order valence-corrected chi connectivity index (χ2v) is 6.39. The monoisotopic (exact) mass is 326 g/mol. The topological polar surface area (TPSA) is 72.9 Å². The molecule has 1 N–H and O–H groups in total. The number of imidazole rings is 1. The molecule has 1 aromatic carbocycles. The lowest BCUT2D eigenvalue weighted by atomic mass is 9.79. The van der Waals surface area contributed by atoms with Crippen molar-refractivity contribution in [3.63, 3.8) is 0 Å². The van der Waals surface area contributed by atoms with E-state index in [0.29, 0.717) is 12.3 Å². The molecule has 4 rings (SSSR count). The normalized spacial score (nSPS) is 18.0. The van der Waals surface area contributed by atoms with E-state index >= 15 is 0 Å². The highest BCUT2D eigenvalue weighted by molar-refractivity contribution is 7.98. The molecule has 2 aromatic heterocycles. The van der Waals surface area contributed by atoms with Gasteiger partial charge in [-0.1, -0.05) is 36.0 Å². The molecule has 0 aliphatic carbocycles.